The number of fused-ring (bicyclic) bond motifs is 1. The van der Waals surface area contributed by atoms with Gasteiger partial charge in [-0.15, -0.1) is 0 Å². The van der Waals surface area contributed by atoms with Gasteiger partial charge in [0.05, 0.1) is 19.3 Å². The number of hydrogen-bond donors (Lipinski definition) is 1. The summed E-state index contributed by atoms with van der Waals surface area (Å²) in [6.45, 7) is 3.88. The molecular weight excluding hydrogens is 379 g/mol. The third-order valence-corrected chi connectivity index (χ3v) is 5.87. The molecule has 2 atom stereocenters. The second-order valence-corrected chi connectivity index (χ2v) is 7.91. The van der Waals surface area contributed by atoms with E-state index in [1.807, 2.05) is 4.90 Å². The lowest BCUT2D eigenvalue weighted by molar-refractivity contribution is 0.0115. The van der Waals surface area contributed by atoms with Gasteiger partial charge in [0.2, 0.25) is 0 Å². The Hall–Kier alpha value is -2.92. The number of benzene rings is 3. The van der Waals surface area contributed by atoms with E-state index in [9.17, 15) is 9.18 Å². The standard InChI is InChI=1S/C25H27FN2O2/c1-18(23-8-4-6-19-5-2-3-7-24(19)23)9-14-22-17-30-16-15-28(22)25(29)27-21-12-10-20(26)11-13-21/h2-8,10-13,18,22H,9,14-17H2,1H3,(H,27,29)/t18-,22?/m0/s1. The highest BCUT2D eigenvalue weighted by Crippen LogP contribution is 2.30. The molecule has 1 aliphatic heterocycles. The van der Waals surface area contributed by atoms with Crippen LogP contribution < -0.4 is 5.32 Å². The van der Waals surface area contributed by atoms with Gasteiger partial charge in [-0.1, -0.05) is 49.4 Å². The molecule has 5 heteroatoms. The molecule has 1 unspecified atom stereocenters. The largest absolute Gasteiger partial charge is 0.377 e. The lowest BCUT2D eigenvalue weighted by Crippen LogP contribution is -2.50. The summed E-state index contributed by atoms with van der Waals surface area (Å²) in [6.07, 6.45) is 1.82. The van der Waals surface area contributed by atoms with E-state index in [2.05, 4.69) is 54.7 Å². The highest BCUT2D eigenvalue weighted by molar-refractivity contribution is 5.89. The molecule has 30 heavy (non-hydrogen) atoms. The van der Waals surface area contributed by atoms with Crippen molar-refractivity contribution in [1.29, 1.82) is 0 Å². The van der Waals surface area contributed by atoms with Gasteiger partial charge in [-0.2, -0.15) is 0 Å². The third kappa shape index (κ3) is 4.62. The van der Waals surface area contributed by atoms with Gasteiger partial charge in [-0.25, -0.2) is 9.18 Å². The summed E-state index contributed by atoms with van der Waals surface area (Å²) in [5, 5.41) is 5.42. The number of nitrogens with one attached hydrogen (secondary N) is 1. The second-order valence-electron chi connectivity index (χ2n) is 7.91. The van der Waals surface area contributed by atoms with E-state index in [4.69, 9.17) is 4.74 Å². The number of carbonyl (C=O) groups is 1. The van der Waals surface area contributed by atoms with E-state index in [1.54, 1.807) is 12.1 Å². The molecule has 0 radical (unpaired) electrons. The number of carbonyl (C=O) groups excluding carboxylic acids is 1. The number of nitrogens with zero attached hydrogens (tertiary/aromatic N) is 1. The minimum absolute atomic E-state index is 0.0247. The van der Waals surface area contributed by atoms with Crippen molar-refractivity contribution in [3.05, 3.63) is 78.1 Å². The van der Waals surface area contributed by atoms with Gasteiger partial charge in [-0.3, -0.25) is 0 Å². The smallest absolute Gasteiger partial charge is 0.322 e. The van der Waals surface area contributed by atoms with E-state index in [-0.39, 0.29) is 17.9 Å². The SMILES string of the molecule is C[C@@H](CCC1COCCN1C(=O)Nc1ccc(F)cc1)c1cccc2ccccc12. The Morgan fingerprint density at radius 3 is 2.73 bits per heavy atom. The monoisotopic (exact) mass is 406 g/mol. The maximum atomic E-state index is 13.1. The van der Waals surface area contributed by atoms with Gasteiger partial charge in [0.15, 0.2) is 0 Å². The van der Waals surface area contributed by atoms with Gasteiger partial charge in [0.25, 0.3) is 0 Å². The van der Waals surface area contributed by atoms with Crippen LogP contribution in [0.25, 0.3) is 10.8 Å². The van der Waals surface area contributed by atoms with Crippen molar-refractivity contribution in [2.45, 2.75) is 31.7 Å². The minimum atomic E-state index is -0.320. The maximum Gasteiger partial charge on any atom is 0.322 e. The zero-order chi connectivity index (χ0) is 20.9. The average molecular weight is 407 g/mol. The molecular formula is C25H27FN2O2. The number of ether oxygens (including phenoxy) is 1. The molecule has 4 nitrogen and oxygen atoms in total. The fraction of sp³-hybridized carbons (Fsp3) is 0.320. The molecule has 0 aliphatic carbocycles. The second kappa shape index (κ2) is 9.26. The lowest BCUT2D eigenvalue weighted by atomic mass is 9.90. The van der Waals surface area contributed by atoms with E-state index in [1.165, 1.54) is 28.5 Å². The topological polar surface area (TPSA) is 41.6 Å². The minimum Gasteiger partial charge on any atom is -0.377 e. The molecule has 2 amide bonds. The van der Waals surface area contributed by atoms with Crippen molar-refractivity contribution < 1.29 is 13.9 Å². The quantitative estimate of drug-likeness (QED) is 0.582. The predicted octanol–water partition coefficient (Wildman–Crippen LogP) is 5.80. The molecule has 1 saturated heterocycles. The summed E-state index contributed by atoms with van der Waals surface area (Å²) in [5.74, 6) is 0.0553. The molecule has 156 valence electrons. The summed E-state index contributed by atoms with van der Waals surface area (Å²) in [7, 11) is 0. The summed E-state index contributed by atoms with van der Waals surface area (Å²) in [5.41, 5.74) is 1.93. The normalized spacial score (nSPS) is 17.7. The molecule has 0 spiro atoms. The lowest BCUT2D eigenvalue weighted by Gasteiger charge is -2.36. The highest BCUT2D eigenvalue weighted by Gasteiger charge is 2.28. The van der Waals surface area contributed by atoms with Crippen LogP contribution in [-0.2, 0) is 4.74 Å². The van der Waals surface area contributed by atoms with Crippen molar-refractivity contribution in [2.75, 3.05) is 25.1 Å². The first-order chi connectivity index (χ1) is 14.6. The van der Waals surface area contributed by atoms with Crippen LogP contribution in [0, 0.1) is 5.82 Å². The molecule has 1 N–H and O–H groups in total. The van der Waals surface area contributed by atoms with E-state index < -0.39 is 0 Å². The van der Waals surface area contributed by atoms with Crippen LogP contribution >= 0.6 is 0 Å². The Bertz CT molecular complexity index is 1000. The van der Waals surface area contributed by atoms with Crippen molar-refractivity contribution in [2.24, 2.45) is 0 Å². The first-order valence-electron chi connectivity index (χ1n) is 10.5. The number of amides is 2. The predicted molar refractivity (Wildman–Crippen MR) is 118 cm³/mol. The van der Waals surface area contributed by atoms with Gasteiger partial charge in [0, 0.05) is 12.2 Å². The third-order valence-electron chi connectivity index (χ3n) is 5.87. The Morgan fingerprint density at radius 1 is 1.13 bits per heavy atom. The molecule has 0 saturated carbocycles. The van der Waals surface area contributed by atoms with Crippen molar-refractivity contribution in [1.82, 2.24) is 4.90 Å². The molecule has 1 heterocycles. The molecule has 0 aromatic heterocycles. The number of morpholine rings is 1. The molecule has 1 fully saturated rings. The first kappa shape index (κ1) is 20.4. The number of hydrogen-bond acceptors (Lipinski definition) is 2. The number of rotatable bonds is 5. The summed E-state index contributed by atoms with van der Waals surface area (Å²) in [6, 6.07) is 20.6. The number of halogens is 1. The molecule has 1 aliphatic rings. The van der Waals surface area contributed by atoms with Crippen LogP contribution in [0.4, 0.5) is 14.9 Å². The van der Waals surface area contributed by atoms with E-state index >= 15 is 0 Å². The van der Waals surface area contributed by atoms with Crippen LogP contribution in [0.1, 0.15) is 31.2 Å². The summed E-state index contributed by atoms with van der Waals surface area (Å²) in [4.78, 5) is 14.7. The maximum absolute atomic E-state index is 13.1. The zero-order valence-electron chi connectivity index (χ0n) is 17.2. The van der Waals surface area contributed by atoms with Crippen LogP contribution in [0.2, 0.25) is 0 Å². The van der Waals surface area contributed by atoms with Gasteiger partial charge < -0.3 is 15.0 Å². The molecule has 3 aromatic rings. The first-order valence-corrected chi connectivity index (χ1v) is 10.5. The summed E-state index contributed by atoms with van der Waals surface area (Å²) < 4.78 is 18.8. The summed E-state index contributed by atoms with van der Waals surface area (Å²) >= 11 is 0. The highest BCUT2D eigenvalue weighted by atomic mass is 19.1. The van der Waals surface area contributed by atoms with Gasteiger partial charge >= 0.3 is 6.03 Å². The van der Waals surface area contributed by atoms with Crippen molar-refractivity contribution in [3.8, 4) is 0 Å². The molecule has 4 rings (SSSR count). The van der Waals surface area contributed by atoms with Crippen LogP contribution in [0.3, 0.4) is 0 Å². The van der Waals surface area contributed by atoms with Crippen LogP contribution in [0.5, 0.6) is 0 Å². The van der Waals surface area contributed by atoms with E-state index in [0.717, 1.165) is 12.8 Å². The van der Waals surface area contributed by atoms with Gasteiger partial charge in [0.1, 0.15) is 5.82 Å². The Morgan fingerprint density at radius 2 is 1.90 bits per heavy atom. The van der Waals surface area contributed by atoms with Crippen molar-refractivity contribution >= 4 is 22.5 Å². The number of anilines is 1. The van der Waals surface area contributed by atoms with Crippen molar-refractivity contribution in [3.63, 3.8) is 0 Å². The molecule has 3 aromatic carbocycles. The Labute approximate surface area is 176 Å². The van der Waals surface area contributed by atoms with Crippen LogP contribution in [-0.4, -0.2) is 36.7 Å². The number of urea groups is 1. The molecule has 0 bridgehead atoms. The average Bonchev–Trinajstić information content (AvgIpc) is 2.78. The van der Waals surface area contributed by atoms with Crippen LogP contribution in [0.15, 0.2) is 66.7 Å². The Balaban J connectivity index is 1.41. The fourth-order valence-corrected chi connectivity index (χ4v) is 4.17. The van der Waals surface area contributed by atoms with E-state index in [0.29, 0.717) is 31.4 Å². The fourth-order valence-electron chi connectivity index (χ4n) is 4.17. The van der Waals surface area contributed by atoms with Gasteiger partial charge in [-0.05, 0) is 59.4 Å². The Kier molecular flexibility index (Phi) is 6.29. The zero-order valence-corrected chi connectivity index (χ0v) is 17.2.